The first-order valence-corrected chi connectivity index (χ1v) is 6.22. The average Bonchev–Trinajstić information content (AvgIpc) is 2.32. The lowest BCUT2D eigenvalue weighted by atomic mass is 9.89. The maximum atomic E-state index is 11.6. The van der Waals surface area contributed by atoms with Crippen molar-refractivity contribution in [3.8, 4) is 5.75 Å². The number of hydrogen-bond acceptors (Lipinski definition) is 3. The second-order valence-corrected chi connectivity index (χ2v) is 5.56. The highest BCUT2D eigenvalue weighted by Crippen LogP contribution is 2.18. The molecule has 1 aromatic rings. The number of aromatic hydroxyl groups is 1. The molecule has 0 heterocycles. The third kappa shape index (κ3) is 5.57. The second-order valence-electron chi connectivity index (χ2n) is 5.56. The molecule has 0 aliphatic carbocycles. The van der Waals surface area contributed by atoms with Crippen LogP contribution in [0.5, 0.6) is 5.75 Å². The van der Waals surface area contributed by atoms with Gasteiger partial charge in [0, 0.05) is 12.6 Å². The minimum Gasteiger partial charge on any atom is -0.508 e. The molecule has 0 aromatic heterocycles. The van der Waals surface area contributed by atoms with Gasteiger partial charge < -0.3 is 15.5 Å². The molecule has 1 rings (SSSR count). The van der Waals surface area contributed by atoms with Gasteiger partial charge in [-0.05, 0) is 29.2 Å². The van der Waals surface area contributed by atoms with Gasteiger partial charge in [0.25, 0.3) is 0 Å². The van der Waals surface area contributed by atoms with E-state index in [2.05, 4.69) is 5.32 Å². The quantitative estimate of drug-likeness (QED) is 0.727. The minimum absolute atomic E-state index is 0.158. The summed E-state index contributed by atoms with van der Waals surface area (Å²) < 4.78 is 0. The van der Waals surface area contributed by atoms with E-state index in [1.54, 1.807) is 30.3 Å². The average molecular weight is 263 g/mol. The highest BCUT2D eigenvalue weighted by Gasteiger charge is 2.21. The zero-order valence-corrected chi connectivity index (χ0v) is 11.6. The van der Waals surface area contributed by atoms with E-state index >= 15 is 0 Å². The Labute approximate surface area is 113 Å². The monoisotopic (exact) mass is 263 g/mol. The van der Waals surface area contributed by atoms with E-state index in [1.807, 2.05) is 20.8 Å². The van der Waals surface area contributed by atoms with E-state index in [0.717, 1.165) is 5.56 Å². The highest BCUT2D eigenvalue weighted by molar-refractivity contribution is 5.91. The number of aliphatic hydroxyl groups excluding tert-OH is 1. The fraction of sp³-hybridized carbons (Fsp3) is 0.400. The first-order valence-electron chi connectivity index (χ1n) is 6.22. The number of nitrogens with one attached hydrogen (secondary N) is 1. The van der Waals surface area contributed by atoms with Crippen LogP contribution >= 0.6 is 0 Å². The Morgan fingerprint density at radius 2 is 2.11 bits per heavy atom. The van der Waals surface area contributed by atoms with Crippen LogP contribution in [0.2, 0.25) is 0 Å². The van der Waals surface area contributed by atoms with Crippen LogP contribution in [-0.2, 0) is 4.79 Å². The number of carbonyl (C=O) groups is 1. The molecule has 1 aromatic carbocycles. The third-order valence-corrected chi connectivity index (χ3v) is 2.77. The second kappa shape index (κ2) is 6.38. The zero-order chi connectivity index (χ0) is 14.5. The summed E-state index contributed by atoms with van der Waals surface area (Å²) >= 11 is 0. The standard InChI is InChI=1S/C15H21NO3/c1-15(2,3)13(18)10-16-14(19)8-7-11-5-4-6-12(17)9-11/h4-9,13,17-18H,10H2,1-3H3,(H,16,19)/b8-7+/t13-/m1/s1. The molecular weight excluding hydrogens is 242 g/mol. The van der Waals surface area contributed by atoms with E-state index < -0.39 is 6.10 Å². The molecule has 0 aliphatic rings. The Morgan fingerprint density at radius 3 is 2.68 bits per heavy atom. The van der Waals surface area contributed by atoms with Crippen LogP contribution in [0.3, 0.4) is 0 Å². The van der Waals surface area contributed by atoms with E-state index in [9.17, 15) is 15.0 Å². The van der Waals surface area contributed by atoms with Crippen molar-refractivity contribution in [2.75, 3.05) is 6.54 Å². The van der Waals surface area contributed by atoms with Crippen LogP contribution in [0.1, 0.15) is 26.3 Å². The topological polar surface area (TPSA) is 69.6 Å². The number of hydrogen-bond donors (Lipinski definition) is 3. The number of rotatable bonds is 4. The van der Waals surface area contributed by atoms with Gasteiger partial charge in [0.05, 0.1) is 6.10 Å². The maximum absolute atomic E-state index is 11.6. The van der Waals surface area contributed by atoms with E-state index in [1.165, 1.54) is 6.08 Å². The molecule has 0 fully saturated rings. The Balaban J connectivity index is 2.48. The van der Waals surface area contributed by atoms with Crippen molar-refractivity contribution in [3.05, 3.63) is 35.9 Å². The molecule has 0 saturated carbocycles. The van der Waals surface area contributed by atoms with Gasteiger partial charge >= 0.3 is 0 Å². The molecule has 0 unspecified atom stereocenters. The van der Waals surface area contributed by atoms with Gasteiger partial charge in [0.15, 0.2) is 0 Å². The van der Waals surface area contributed by atoms with Crippen LogP contribution < -0.4 is 5.32 Å². The summed E-state index contributed by atoms with van der Waals surface area (Å²) in [6.07, 6.45) is 2.40. The van der Waals surface area contributed by atoms with Gasteiger partial charge in [0.2, 0.25) is 5.91 Å². The predicted molar refractivity (Wildman–Crippen MR) is 75.6 cm³/mol. The molecule has 19 heavy (non-hydrogen) atoms. The number of phenols is 1. The number of amides is 1. The summed E-state index contributed by atoms with van der Waals surface area (Å²) in [5.41, 5.74) is 0.480. The van der Waals surface area contributed by atoms with Crippen molar-refractivity contribution in [2.24, 2.45) is 5.41 Å². The lowest BCUT2D eigenvalue weighted by Crippen LogP contribution is -2.38. The molecule has 4 heteroatoms. The first-order chi connectivity index (χ1) is 8.79. The molecule has 104 valence electrons. The van der Waals surface area contributed by atoms with Crippen LogP contribution in [-0.4, -0.2) is 28.8 Å². The van der Waals surface area contributed by atoms with Crippen LogP contribution in [0.25, 0.3) is 6.08 Å². The number of aliphatic hydroxyl groups is 1. The van der Waals surface area contributed by atoms with Gasteiger partial charge in [-0.3, -0.25) is 4.79 Å². The van der Waals surface area contributed by atoms with E-state index in [0.29, 0.717) is 0 Å². The molecule has 1 amide bonds. The van der Waals surface area contributed by atoms with Gasteiger partial charge in [0.1, 0.15) is 5.75 Å². The summed E-state index contributed by atoms with van der Waals surface area (Å²) in [5, 5.41) is 21.7. The van der Waals surface area contributed by atoms with Crippen molar-refractivity contribution in [1.29, 1.82) is 0 Å². The smallest absolute Gasteiger partial charge is 0.244 e. The summed E-state index contributed by atoms with van der Waals surface area (Å²) in [7, 11) is 0. The van der Waals surface area contributed by atoms with E-state index in [-0.39, 0.29) is 23.6 Å². The number of phenolic OH excluding ortho intramolecular Hbond substituents is 1. The fourth-order valence-electron chi connectivity index (χ4n) is 1.36. The summed E-state index contributed by atoms with van der Waals surface area (Å²) in [6, 6.07) is 6.62. The highest BCUT2D eigenvalue weighted by atomic mass is 16.3. The summed E-state index contributed by atoms with van der Waals surface area (Å²) in [5.74, 6) is -0.114. The van der Waals surface area contributed by atoms with Gasteiger partial charge in [-0.1, -0.05) is 32.9 Å². The molecule has 0 radical (unpaired) electrons. The Morgan fingerprint density at radius 1 is 1.42 bits per heavy atom. The van der Waals surface area contributed by atoms with Crippen molar-refractivity contribution < 1.29 is 15.0 Å². The Kier molecular flexibility index (Phi) is 5.12. The number of carbonyl (C=O) groups excluding carboxylic acids is 1. The largest absolute Gasteiger partial charge is 0.508 e. The lowest BCUT2D eigenvalue weighted by Gasteiger charge is -2.25. The van der Waals surface area contributed by atoms with Crippen LogP contribution in [0.15, 0.2) is 30.3 Å². The molecule has 0 saturated heterocycles. The third-order valence-electron chi connectivity index (χ3n) is 2.77. The molecule has 4 nitrogen and oxygen atoms in total. The molecule has 1 atom stereocenters. The van der Waals surface area contributed by atoms with Crippen molar-refractivity contribution in [2.45, 2.75) is 26.9 Å². The summed E-state index contributed by atoms with van der Waals surface area (Å²) in [6.45, 7) is 5.94. The van der Waals surface area contributed by atoms with Crippen LogP contribution in [0, 0.1) is 5.41 Å². The molecular formula is C15H21NO3. The van der Waals surface area contributed by atoms with Crippen molar-refractivity contribution in [3.63, 3.8) is 0 Å². The fourth-order valence-corrected chi connectivity index (χ4v) is 1.36. The Hall–Kier alpha value is -1.81. The minimum atomic E-state index is -0.592. The molecule has 0 spiro atoms. The van der Waals surface area contributed by atoms with Crippen LogP contribution in [0.4, 0.5) is 0 Å². The van der Waals surface area contributed by atoms with Crippen molar-refractivity contribution >= 4 is 12.0 Å². The predicted octanol–water partition coefficient (Wildman–Crippen LogP) is 1.93. The molecule has 3 N–H and O–H groups in total. The first kappa shape index (κ1) is 15.2. The molecule has 0 bridgehead atoms. The zero-order valence-electron chi connectivity index (χ0n) is 11.6. The SMILES string of the molecule is CC(C)(C)[C@H](O)CNC(=O)/C=C/c1cccc(O)c1. The van der Waals surface area contributed by atoms with Gasteiger partial charge in [-0.2, -0.15) is 0 Å². The number of benzene rings is 1. The van der Waals surface area contributed by atoms with Crippen molar-refractivity contribution in [1.82, 2.24) is 5.32 Å². The van der Waals surface area contributed by atoms with Gasteiger partial charge in [-0.25, -0.2) is 0 Å². The normalized spacial score (nSPS) is 13.5. The Bertz CT molecular complexity index is 461. The van der Waals surface area contributed by atoms with Gasteiger partial charge in [-0.15, -0.1) is 0 Å². The summed E-state index contributed by atoms with van der Waals surface area (Å²) in [4.78, 5) is 11.6. The molecule has 0 aliphatic heterocycles. The van der Waals surface area contributed by atoms with E-state index in [4.69, 9.17) is 0 Å². The maximum Gasteiger partial charge on any atom is 0.244 e. The lowest BCUT2D eigenvalue weighted by molar-refractivity contribution is -0.117.